The Morgan fingerprint density at radius 2 is 1.69 bits per heavy atom. The zero-order valence-electron chi connectivity index (χ0n) is 21.8. The van der Waals surface area contributed by atoms with Gasteiger partial charge in [0.1, 0.15) is 17.5 Å². The van der Waals surface area contributed by atoms with Crippen LogP contribution in [0.5, 0.6) is 11.5 Å². The number of rotatable bonds is 9. The minimum absolute atomic E-state index is 0.115. The summed E-state index contributed by atoms with van der Waals surface area (Å²) in [6.07, 6.45) is 5.48. The molecular formula is C29H40N2O4. The van der Waals surface area contributed by atoms with Crippen molar-refractivity contribution in [1.29, 1.82) is 0 Å². The molecule has 0 bridgehead atoms. The summed E-state index contributed by atoms with van der Waals surface area (Å²) in [4.78, 5) is 28.2. The van der Waals surface area contributed by atoms with E-state index >= 15 is 0 Å². The van der Waals surface area contributed by atoms with Gasteiger partial charge in [-0.1, -0.05) is 70.4 Å². The fourth-order valence-corrected chi connectivity index (χ4v) is 4.51. The van der Waals surface area contributed by atoms with Gasteiger partial charge in [0.05, 0.1) is 7.11 Å². The van der Waals surface area contributed by atoms with Gasteiger partial charge in [-0.05, 0) is 54.5 Å². The Hall–Kier alpha value is -3.02. The van der Waals surface area contributed by atoms with Gasteiger partial charge in [0.25, 0.3) is 5.91 Å². The molecule has 0 aromatic heterocycles. The van der Waals surface area contributed by atoms with E-state index in [-0.39, 0.29) is 29.9 Å². The van der Waals surface area contributed by atoms with E-state index in [1.807, 2.05) is 48.5 Å². The average molecular weight is 481 g/mol. The summed E-state index contributed by atoms with van der Waals surface area (Å²) in [6, 6.07) is 14.9. The van der Waals surface area contributed by atoms with Crippen LogP contribution in [0.1, 0.15) is 70.9 Å². The smallest absolute Gasteiger partial charge is 0.261 e. The van der Waals surface area contributed by atoms with Crippen LogP contribution in [-0.2, 0) is 21.5 Å². The van der Waals surface area contributed by atoms with Crippen molar-refractivity contribution in [3.8, 4) is 11.5 Å². The van der Waals surface area contributed by atoms with Crippen LogP contribution in [0, 0.1) is 0 Å². The number of hydrogen-bond acceptors (Lipinski definition) is 4. The van der Waals surface area contributed by atoms with E-state index in [1.165, 1.54) is 6.42 Å². The maximum atomic E-state index is 13.4. The van der Waals surface area contributed by atoms with Crippen LogP contribution in [0.4, 0.5) is 0 Å². The van der Waals surface area contributed by atoms with Crippen LogP contribution in [0.25, 0.3) is 0 Å². The molecule has 190 valence electrons. The van der Waals surface area contributed by atoms with E-state index < -0.39 is 6.04 Å². The molecule has 35 heavy (non-hydrogen) atoms. The van der Waals surface area contributed by atoms with Crippen LogP contribution in [0.3, 0.4) is 0 Å². The maximum absolute atomic E-state index is 13.4. The van der Waals surface area contributed by atoms with E-state index in [2.05, 4.69) is 26.1 Å². The van der Waals surface area contributed by atoms with Gasteiger partial charge in [0.15, 0.2) is 6.61 Å². The molecule has 2 amide bonds. The minimum atomic E-state index is -0.618. The highest BCUT2D eigenvalue weighted by molar-refractivity contribution is 5.88. The number of amides is 2. The molecule has 1 atom stereocenters. The molecule has 2 aromatic rings. The van der Waals surface area contributed by atoms with E-state index in [9.17, 15) is 9.59 Å². The van der Waals surface area contributed by atoms with Gasteiger partial charge in [-0.3, -0.25) is 9.59 Å². The topological polar surface area (TPSA) is 67.9 Å². The first kappa shape index (κ1) is 26.6. The molecule has 0 heterocycles. The summed E-state index contributed by atoms with van der Waals surface area (Å²) in [5.74, 6) is 1.10. The average Bonchev–Trinajstić information content (AvgIpc) is 2.86. The van der Waals surface area contributed by atoms with Gasteiger partial charge in [0, 0.05) is 12.6 Å². The van der Waals surface area contributed by atoms with Crippen LogP contribution >= 0.6 is 0 Å². The van der Waals surface area contributed by atoms with Gasteiger partial charge in [-0.2, -0.15) is 0 Å². The molecule has 1 unspecified atom stereocenters. The van der Waals surface area contributed by atoms with Crippen molar-refractivity contribution in [2.45, 2.75) is 83.8 Å². The normalized spacial score (nSPS) is 15.2. The lowest BCUT2D eigenvalue weighted by molar-refractivity contribution is -0.142. The van der Waals surface area contributed by atoms with Crippen LogP contribution < -0.4 is 14.8 Å². The van der Waals surface area contributed by atoms with Crippen molar-refractivity contribution in [2.75, 3.05) is 13.7 Å². The minimum Gasteiger partial charge on any atom is -0.497 e. The molecule has 1 N–H and O–H groups in total. The standard InChI is InChI=1S/C29H40N2O4/c1-21(28(33)30-23-11-7-6-8-12-23)31(19-22-15-17-24(34-5)18-16-22)27(32)20-35-26-14-10-9-13-25(26)29(2,3)4/h9-10,13-18,21,23H,6-8,11-12,19-20H2,1-5H3,(H,30,33). The number of carbonyl (C=O) groups is 2. The molecule has 0 radical (unpaired) electrons. The van der Waals surface area contributed by atoms with Gasteiger partial charge in [-0.15, -0.1) is 0 Å². The quantitative estimate of drug-likeness (QED) is 0.533. The van der Waals surface area contributed by atoms with Crippen molar-refractivity contribution in [1.82, 2.24) is 10.2 Å². The lowest BCUT2D eigenvalue weighted by atomic mass is 9.86. The maximum Gasteiger partial charge on any atom is 0.261 e. The first-order valence-corrected chi connectivity index (χ1v) is 12.6. The Morgan fingerprint density at radius 3 is 2.31 bits per heavy atom. The Bertz CT molecular complexity index is 975. The lowest BCUT2D eigenvalue weighted by Gasteiger charge is -2.31. The largest absolute Gasteiger partial charge is 0.497 e. The number of hydrogen-bond donors (Lipinski definition) is 1. The molecule has 1 saturated carbocycles. The zero-order valence-corrected chi connectivity index (χ0v) is 21.8. The molecule has 0 spiro atoms. The molecular weight excluding hydrogens is 440 g/mol. The van der Waals surface area contributed by atoms with Crippen molar-refractivity contribution in [3.63, 3.8) is 0 Å². The molecule has 6 nitrogen and oxygen atoms in total. The number of nitrogens with zero attached hydrogens (tertiary/aromatic N) is 1. The third kappa shape index (κ3) is 7.48. The van der Waals surface area contributed by atoms with E-state index in [1.54, 1.807) is 18.9 Å². The molecule has 0 aliphatic heterocycles. The fraction of sp³-hybridized carbons (Fsp3) is 0.517. The highest BCUT2D eigenvalue weighted by atomic mass is 16.5. The van der Waals surface area contributed by atoms with E-state index in [0.29, 0.717) is 12.3 Å². The monoisotopic (exact) mass is 480 g/mol. The number of ether oxygens (including phenoxy) is 2. The predicted molar refractivity (Wildman–Crippen MR) is 139 cm³/mol. The SMILES string of the molecule is COc1ccc(CN(C(=O)COc2ccccc2C(C)(C)C)C(C)C(=O)NC2CCCCC2)cc1. The van der Waals surface area contributed by atoms with Crippen molar-refractivity contribution >= 4 is 11.8 Å². The summed E-state index contributed by atoms with van der Waals surface area (Å²) in [7, 11) is 1.62. The Morgan fingerprint density at radius 1 is 1.03 bits per heavy atom. The number of benzene rings is 2. The van der Waals surface area contributed by atoms with Crippen LogP contribution in [0.2, 0.25) is 0 Å². The number of para-hydroxylation sites is 1. The van der Waals surface area contributed by atoms with Gasteiger partial charge < -0.3 is 19.7 Å². The summed E-state index contributed by atoms with van der Waals surface area (Å²) < 4.78 is 11.3. The van der Waals surface area contributed by atoms with Gasteiger partial charge >= 0.3 is 0 Å². The highest BCUT2D eigenvalue weighted by Gasteiger charge is 2.29. The molecule has 1 aliphatic carbocycles. The third-order valence-corrected chi connectivity index (χ3v) is 6.68. The molecule has 1 fully saturated rings. The first-order valence-electron chi connectivity index (χ1n) is 12.6. The number of carbonyl (C=O) groups excluding carboxylic acids is 2. The second-order valence-electron chi connectivity index (χ2n) is 10.4. The second kappa shape index (κ2) is 12.1. The lowest BCUT2D eigenvalue weighted by Crippen LogP contribution is -2.51. The highest BCUT2D eigenvalue weighted by Crippen LogP contribution is 2.31. The summed E-state index contributed by atoms with van der Waals surface area (Å²) >= 11 is 0. The third-order valence-electron chi connectivity index (χ3n) is 6.68. The predicted octanol–water partition coefficient (Wildman–Crippen LogP) is 5.24. The van der Waals surface area contributed by atoms with Gasteiger partial charge in [0.2, 0.25) is 5.91 Å². The Kier molecular flexibility index (Phi) is 9.19. The Labute approximate surface area is 210 Å². The number of nitrogens with one attached hydrogen (secondary N) is 1. The molecule has 2 aromatic carbocycles. The molecule has 0 saturated heterocycles. The second-order valence-corrected chi connectivity index (χ2v) is 10.4. The molecule has 6 heteroatoms. The van der Waals surface area contributed by atoms with Crippen molar-refractivity contribution < 1.29 is 19.1 Å². The van der Waals surface area contributed by atoms with Crippen LogP contribution in [0.15, 0.2) is 48.5 Å². The van der Waals surface area contributed by atoms with Crippen LogP contribution in [-0.4, -0.2) is 42.5 Å². The summed E-state index contributed by atoms with van der Waals surface area (Å²) in [5.41, 5.74) is 1.85. The Balaban J connectivity index is 1.75. The van der Waals surface area contributed by atoms with Crippen molar-refractivity contribution in [3.05, 3.63) is 59.7 Å². The molecule has 1 aliphatic rings. The summed E-state index contributed by atoms with van der Waals surface area (Å²) in [6.45, 7) is 8.32. The fourth-order valence-electron chi connectivity index (χ4n) is 4.51. The van der Waals surface area contributed by atoms with Gasteiger partial charge in [-0.25, -0.2) is 0 Å². The van der Waals surface area contributed by atoms with Crippen molar-refractivity contribution in [2.24, 2.45) is 0 Å². The molecule has 3 rings (SSSR count). The van der Waals surface area contributed by atoms with E-state index in [0.717, 1.165) is 42.6 Å². The zero-order chi connectivity index (χ0) is 25.4. The summed E-state index contributed by atoms with van der Waals surface area (Å²) in [5, 5.41) is 3.17. The first-order chi connectivity index (χ1) is 16.7. The number of methoxy groups -OCH3 is 1. The van der Waals surface area contributed by atoms with E-state index in [4.69, 9.17) is 9.47 Å².